The van der Waals surface area contributed by atoms with Gasteiger partial charge in [0.15, 0.2) is 0 Å². The van der Waals surface area contributed by atoms with Gasteiger partial charge in [-0.25, -0.2) is 14.8 Å². The zero-order chi connectivity index (χ0) is 26.0. The Balaban J connectivity index is 1.56. The van der Waals surface area contributed by atoms with Gasteiger partial charge in [-0.2, -0.15) is 0 Å². The molecule has 0 saturated carbocycles. The Bertz CT molecular complexity index is 1420. The van der Waals surface area contributed by atoms with E-state index < -0.39 is 5.97 Å². The lowest BCUT2D eigenvalue weighted by molar-refractivity contribution is -0.113. The van der Waals surface area contributed by atoms with Crippen LogP contribution in [0.3, 0.4) is 0 Å². The molecule has 3 aromatic heterocycles. The van der Waals surface area contributed by atoms with Gasteiger partial charge >= 0.3 is 5.97 Å². The first-order valence-corrected chi connectivity index (χ1v) is 14.3. The first kappa shape index (κ1) is 26.3. The number of hydrogen-bond acceptors (Lipinski definition) is 8. The zero-order valence-electron chi connectivity index (χ0n) is 21.2. The molecule has 0 saturated heterocycles. The van der Waals surface area contributed by atoms with Gasteiger partial charge in [0, 0.05) is 21.2 Å². The number of benzene rings is 1. The summed E-state index contributed by atoms with van der Waals surface area (Å²) in [5.74, 6) is -0.493. The summed E-state index contributed by atoms with van der Waals surface area (Å²) in [6.07, 6.45) is 1.54. The van der Waals surface area contributed by atoms with Crippen molar-refractivity contribution in [3.05, 3.63) is 57.5 Å². The van der Waals surface area contributed by atoms with Crippen molar-refractivity contribution < 1.29 is 14.3 Å². The fourth-order valence-electron chi connectivity index (χ4n) is 3.77. The third-order valence-electron chi connectivity index (χ3n) is 5.86. The molecule has 0 radical (unpaired) electrons. The van der Waals surface area contributed by atoms with Crippen LogP contribution in [0.4, 0.5) is 5.00 Å². The molecule has 0 bridgehead atoms. The van der Waals surface area contributed by atoms with E-state index in [1.807, 2.05) is 17.5 Å². The van der Waals surface area contributed by atoms with Gasteiger partial charge in [0.1, 0.15) is 26.7 Å². The molecule has 0 atom stereocenters. The number of thiophene rings is 2. The number of nitrogens with zero attached hydrogens (tertiary/aromatic N) is 2. The fourth-order valence-corrected chi connectivity index (χ4v) is 6.66. The summed E-state index contributed by atoms with van der Waals surface area (Å²) >= 11 is 4.32. The molecule has 0 unspecified atom stereocenters. The number of aromatic nitrogens is 2. The smallest absolute Gasteiger partial charge is 0.341 e. The molecule has 1 aromatic carbocycles. The molecule has 9 heteroatoms. The molecule has 0 aliphatic heterocycles. The third kappa shape index (κ3) is 5.48. The number of carbonyl (C=O) groups is 2. The lowest BCUT2D eigenvalue weighted by atomic mass is 9.86. The van der Waals surface area contributed by atoms with Crippen molar-refractivity contribution in [1.82, 2.24) is 9.97 Å². The highest BCUT2D eigenvalue weighted by Gasteiger charge is 2.24. The van der Waals surface area contributed by atoms with Crippen LogP contribution < -0.4 is 5.32 Å². The Kier molecular flexibility index (Phi) is 7.82. The van der Waals surface area contributed by atoms with E-state index in [9.17, 15) is 9.59 Å². The zero-order valence-corrected chi connectivity index (χ0v) is 23.7. The lowest BCUT2D eigenvalue weighted by Crippen LogP contribution is -2.16. The summed E-state index contributed by atoms with van der Waals surface area (Å²) in [6, 6.07) is 8.18. The molecule has 3 heterocycles. The Labute approximate surface area is 223 Å². The van der Waals surface area contributed by atoms with Gasteiger partial charge in [-0.1, -0.05) is 56.8 Å². The van der Waals surface area contributed by atoms with Crippen LogP contribution in [0, 0.1) is 13.8 Å². The monoisotopic (exact) mass is 539 g/mol. The van der Waals surface area contributed by atoms with Crippen LogP contribution in [0.1, 0.15) is 54.1 Å². The minimum absolute atomic E-state index is 0.0312. The highest BCUT2D eigenvalue weighted by atomic mass is 32.2. The van der Waals surface area contributed by atoms with Crippen molar-refractivity contribution in [2.75, 3.05) is 17.7 Å². The Morgan fingerprint density at radius 1 is 1.11 bits per heavy atom. The van der Waals surface area contributed by atoms with Gasteiger partial charge in [0.25, 0.3) is 0 Å². The van der Waals surface area contributed by atoms with Crippen LogP contribution in [0.2, 0.25) is 0 Å². The van der Waals surface area contributed by atoms with Gasteiger partial charge in [0.2, 0.25) is 5.91 Å². The summed E-state index contributed by atoms with van der Waals surface area (Å²) in [5, 5.41) is 7.10. The standard InChI is InChI=1S/C27H29N3O3S3/c1-7-33-26(32)22-19(17-8-10-18(11-9-17)27(4,5)6)12-34-25(22)30-20(31)13-35-23-21-15(2)16(3)36-24(21)29-14-28-23/h8-12,14H,7,13H2,1-6H3,(H,30,31). The summed E-state index contributed by atoms with van der Waals surface area (Å²) in [6.45, 7) is 12.6. The Morgan fingerprint density at radius 2 is 1.83 bits per heavy atom. The molecule has 1 N–H and O–H groups in total. The number of ether oxygens (including phenoxy) is 1. The first-order chi connectivity index (χ1) is 17.1. The van der Waals surface area contributed by atoms with Crippen molar-refractivity contribution >= 4 is 61.5 Å². The predicted molar refractivity (Wildman–Crippen MR) is 151 cm³/mol. The second-order valence-electron chi connectivity index (χ2n) is 9.38. The largest absolute Gasteiger partial charge is 0.462 e. The molecule has 0 aliphatic rings. The molecule has 0 fully saturated rings. The summed E-state index contributed by atoms with van der Waals surface area (Å²) in [7, 11) is 0. The quantitative estimate of drug-likeness (QED) is 0.151. The molecular weight excluding hydrogens is 511 g/mol. The van der Waals surface area contributed by atoms with Gasteiger partial charge in [-0.15, -0.1) is 22.7 Å². The molecular formula is C27H29N3O3S3. The van der Waals surface area contributed by atoms with E-state index in [0.29, 0.717) is 10.6 Å². The van der Waals surface area contributed by atoms with E-state index >= 15 is 0 Å². The maximum atomic E-state index is 12.9. The number of esters is 1. The van der Waals surface area contributed by atoms with Gasteiger partial charge in [-0.3, -0.25) is 4.79 Å². The van der Waals surface area contributed by atoms with Crippen LogP contribution in [0.15, 0.2) is 41.0 Å². The van der Waals surface area contributed by atoms with Gasteiger partial charge < -0.3 is 10.1 Å². The van der Waals surface area contributed by atoms with E-state index in [1.165, 1.54) is 39.9 Å². The lowest BCUT2D eigenvalue weighted by Gasteiger charge is -2.19. The number of hydrogen-bond donors (Lipinski definition) is 1. The van der Waals surface area contributed by atoms with Crippen LogP contribution in [0.5, 0.6) is 0 Å². The van der Waals surface area contributed by atoms with E-state index in [-0.39, 0.29) is 23.7 Å². The van der Waals surface area contributed by atoms with E-state index in [4.69, 9.17) is 4.74 Å². The van der Waals surface area contributed by atoms with E-state index in [2.05, 4.69) is 62.0 Å². The number of rotatable bonds is 7. The molecule has 0 spiro atoms. The second-order valence-corrected chi connectivity index (χ2v) is 12.4. The Hall–Kier alpha value is -2.75. The molecule has 0 aliphatic carbocycles. The number of thioether (sulfide) groups is 1. The minimum atomic E-state index is -0.446. The van der Waals surface area contributed by atoms with Crippen molar-refractivity contribution in [2.24, 2.45) is 0 Å². The van der Waals surface area contributed by atoms with E-state index in [1.54, 1.807) is 18.3 Å². The number of fused-ring (bicyclic) bond motifs is 1. The second kappa shape index (κ2) is 10.7. The predicted octanol–water partition coefficient (Wildman–Crippen LogP) is 7.24. The highest BCUT2D eigenvalue weighted by molar-refractivity contribution is 8.00. The average Bonchev–Trinajstić information content (AvgIpc) is 3.38. The van der Waals surface area contributed by atoms with E-state index in [0.717, 1.165) is 31.9 Å². The topological polar surface area (TPSA) is 81.2 Å². The molecule has 188 valence electrons. The molecule has 4 rings (SSSR count). The number of amides is 1. The van der Waals surface area contributed by atoms with Crippen LogP contribution in [0.25, 0.3) is 21.3 Å². The first-order valence-electron chi connectivity index (χ1n) is 11.6. The summed E-state index contributed by atoms with van der Waals surface area (Å²) in [5.41, 5.74) is 4.43. The summed E-state index contributed by atoms with van der Waals surface area (Å²) < 4.78 is 5.34. The highest BCUT2D eigenvalue weighted by Crippen LogP contribution is 2.38. The maximum absolute atomic E-state index is 12.9. The third-order valence-corrected chi connectivity index (χ3v) is 8.86. The normalized spacial score (nSPS) is 11.6. The maximum Gasteiger partial charge on any atom is 0.341 e. The van der Waals surface area contributed by atoms with Crippen molar-refractivity contribution in [2.45, 2.75) is 52.0 Å². The Morgan fingerprint density at radius 3 is 2.50 bits per heavy atom. The SMILES string of the molecule is CCOC(=O)c1c(-c2ccc(C(C)(C)C)cc2)csc1NC(=O)CSc1ncnc2sc(C)c(C)c12. The molecule has 4 aromatic rings. The number of aryl methyl sites for hydroxylation is 2. The minimum Gasteiger partial charge on any atom is -0.462 e. The summed E-state index contributed by atoms with van der Waals surface area (Å²) in [4.78, 5) is 36.7. The van der Waals surface area contributed by atoms with Crippen LogP contribution in [-0.2, 0) is 14.9 Å². The van der Waals surface area contributed by atoms with Crippen LogP contribution in [-0.4, -0.2) is 34.2 Å². The molecule has 36 heavy (non-hydrogen) atoms. The molecule has 6 nitrogen and oxygen atoms in total. The fraction of sp³-hybridized carbons (Fsp3) is 0.333. The number of anilines is 1. The van der Waals surface area contributed by atoms with Gasteiger partial charge in [0.05, 0.1) is 12.4 Å². The van der Waals surface area contributed by atoms with Crippen molar-refractivity contribution in [3.63, 3.8) is 0 Å². The van der Waals surface area contributed by atoms with Crippen molar-refractivity contribution in [3.8, 4) is 11.1 Å². The molecule has 1 amide bonds. The number of carbonyl (C=O) groups excluding carboxylic acids is 2. The van der Waals surface area contributed by atoms with Crippen molar-refractivity contribution in [1.29, 1.82) is 0 Å². The number of nitrogens with one attached hydrogen (secondary N) is 1. The van der Waals surface area contributed by atoms with Crippen LogP contribution >= 0.6 is 34.4 Å². The van der Waals surface area contributed by atoms with Gasteiger partial charge in [-0.05, 0) is 42.9 Å². The average molecular weight is 540 g/mol.